The van der Waals surface area contributed by atoms with Crippen LogP contribution in [0.25, 0.3) is 16.9 Å². The van der Waals surface area contributed by atoms with Crippen molar-refractivity contribution in [1.29, 1.82) is 0 Å². The number of carbonyl (C=O) groups excluding carboxylic acids is 2. The molecule has 28 heavy (non-hydrogen) atoms. The summed E-state index contributed by atoms with van der Waals surface area (Å²) in [6.07, 6.45) is 2.44. The van der Waals surface area contributed by atoms with Crippen LogP contribution in [0.2, 0.25) is 0 Å². The highest BCUT2D eigenvalue weighted by Gasteiger charge is 2.25. The Labute approximate surface area is 160 Å². The van der Waals surface area contributed by atoms with Gasteiger partial charge in [-0.05, 0) is 18.1 Å². The van der Waals surface area contributed by atoms with E-state index in [-0.39, 0.29) is 29.4 Å². The van der Waals surface area contributed by atoms with Crippen LogP contribution in [0.4, 0.5) is 0 Å². The van der Waals surface area contributed by atoms with Gasteiger partial charge in [-0.15, -0.1) is 0 Å². The molecular weight excluding hydrogens is 360 g/mol. The van der Waals surface area contributed by atoms with Crippen molar-refractivity contribution in [2.45, 2.75) is 19.8 Å². The lowest BCUT2D eigenvalue weighted by atomic mass is 10.0. The number of benzene rings is 1. The summed E-state index contributed by atoms with van der Waals surface area (Å²) in [6.45, 7) is 1.95. The van der Waals surface area contributed by atoms with E-state index in [4.69, 9.17) is 4.74 Å². The third kappa shape index (κ3) is 2.87. The molecule has 2 aromatic heterocycles. The Morgan fingerprint density at radius 3 is 2.82 bits per heavy atom. The van der Waals surface area contributed by atoms with Crippen LogP contribution in [0.5, 0.6) is 0 Å². The number of nitrogens with zero attached hydrogens (tertiary/aromatic N) is 3. The molecule has 2 heterocycles. The van der Waals surface area contributed by atoms with Crippen molar-refractivity contribution in [3.63, 3.8) is 0 Å². The van der Waals surface area contributed by atoms with Gasteiger partial charge in [0.15, 0.2) is 5.69 Å². The van der Waals surface area contributed by atoms with Crippen LogP contribution in [-0.2, 0) is 22.4 Å². The standard InChI is InChI=1S/C20H20N4O4/c1-4-28-20(27)14-10-24-15-9-12-7-11(8-16(25)23(2)3)5-6-13(12)17(15)22-19(26)18(24)21-14/h5-7,10H,4,8-9H2,1-3H3,(H,22,26). The molecule has 0 saturated carbocycles. The van der Waals surface area contributed by atoms with E-state index in [0.717, 1.165) is 22.4 Å². The lowest BCUT2D eigenvalue weighted by Crippen LogP contribution is -2.23. The molecule has 3 aromatic rings. The fourth-order valence-electron chi connectivity index (χ4n) is 3.47. The Balaban J connectivity index is 1.76. The van der Waals surface area contributed by atoms with Gasteiger partial charge in [0.2, 0.25) is 11.6 Å². The minimum atomic E-state index is -0.556. The third-order valence-electron chi connectivity index (χ3n) is 4.86. The summed E-state index contributed by atoms with van der Waals surface area (Å²) in [5, 5.41) is 0. The zero-order valence-electron chi connectivity index (χ0n) is 15.9. The number of rotatable bonds is 4. The normalized spacial score (nSPS) is 12.0. The first-order valence-corrected chi connectivity index (χ1v) is 9.02. The van der Waals surface area contributed by atoms with Crippen molar-refractivity contribution < 1.29 is 14.3 Å². The van der Waals surface area contributed by atoms with E-state index in [9.17, 15) is 14.4 Å². The summed E-state index contributed by atoms with van der Waals surface area (Å²) in [6, 6.07) is 5.81. The Morgan fingerprint density at radius 2 is 2.11 bits per heavy atom. The van der Waals surface area contributed by atoms with Crippen molar-refractivity contribution >= 4 is 17.5 Å². The molecule has 0 fully saturated rings. The maximum absolute atomic E-state index is 12.5. The molecular formula is C20H20N4O4. The summed E-state index contributed by atoms with van der Waals surface area (Å²) in [7, 11) is 3.46. The average molecular weight is 380 g/mol. The van der Waals surface area contributed by atoms with Crippen molar-refractivity contribution in [3.05, 3.63) is 57.3 Å². The average Bonchev–Trinajstić information content (AvgIpc) is 3.24. The molecule has 0 atom stereocenters. The van der Waals surface area contributed by atoms with Gasteiger partial charge in [0.05, 0.1) is 24.4 Å². The van der Waals surface area contributed by atoms with Crippen LogP contribution in [0, 0.1) is 0 Å². The summed E-state index contributed by atoms with van der Waals surface area (Å²) in [5.74, 6) is -0.528. The minimum Gasteiger partial charge on any atom is -0.461 e. The lowest BCUT2D eigenvalue weighted by Gasteiger charge is -2.10. The number of likely N-dealkylation sites (N-methyl/N-ethyl adjacent to an activating group) is 1. The van der Waals surface area contributed by atoms with Gasteiger partial charge in [-0.25, -0.2) is 9.78 Å². The molecule has 1 amide bonds. The fraction of sp³-hybridized carbons (Fsp3) is 0.300. The number of nitrogens with one attached hydrogen (secondary N) is 1. The van der Waals surface area contributed by atoms with E-state index in [0.29, 0.717) is 18.5 Å². The number of H-pyrrole nitrogens is 1. The first kappa shape index (κ1) is 18.0. The Bertz CT molecular complexity index is 1170. The van der Waals surface area contributed by atoms with Crippen molar-refractivity contribution in [1.82, 2.24) is 19.3 Å². The quantitative estimate of drug-likeness (QED) is 0.540. The molecule has 0 saturated heterocycles. The number of hydrogen-bond acceptors (Lipinski definition) is 5. The third-order valence-corrected chi connectivity index (χ3v) is 4.86. The molecule has 8 heteroatoms. The molecule has 0 spiro atoms. The van der Waals surface area contributed by atoms with Crippen LogP contribution < -0.4 is 5.56 Å². The first-order chi connectivity index (χ1) is 13.4. The second kappa shape index (κ2) is 6.63. The largest absolute Gasteiger partial charge is 0.461 e. The SMILES string of the molecule is CCOC(=O)c1cn2c3c([nH]c(=O)c2n1)-c1ccc(CC(=O)N(C)C)cc1C3. The zero-order chi connectivity index (χ0) is 20.0. The maximum Gasteiger partial charge on any atom is 0.358 e. The van der Waals surface area contributed by atoms with E-state index >= 15 is 0 Å². The summed E-state index contributed by atoms with van der Waals surface area (Å²) >= 11 is 0. The highest BCUT2D eigenvalue weighted by Crippen LogP contribution is 2.35. The number of fused-ring (bicyclic) bond motifs is 5. The molecule has 1 aliphatic rings. The summed E-state index contributed by atoms with van der Waals surface area (Å²) in [5.41, 5.74) is 4.33. The fourth-order valence-corrected chi connectivity index (χ4v) is 3.47. The Kier molecular flexibility index (Phi) is 4.26. The van der Waals surface area contributed by atoms with Gasteiger partial charge in [0, 0.05) is 32.3 Å². The van der Waals surface area contributed by atoms with Gasteiger partial charge in [-0.1, -0.05) is 18.2 Å². The highest BCUT2D eigenvalue weighted by atomic mass is 16.5. The number of imidazole rings is 1. The molecule has 1 aliphatic carbocycles. The Hall–Kier alpha value is -3.42. The van der Waals surface area contributed by atoms with E-state index in [2.05, 4.69) is 9.97 Å². The van der Waals surface area contributed by atoms with Gasteiger partial charge in [0.1, 0.15) is 0 Å². The molecule has 8 nitrogen and oxygen atoms in total. The molecule has 4 rings (SSSR count). The minimum absolute atomic E-state index is 0.0277. The van der Waals surface area contributed by atoms with E-state index in [1.165, 1.54) is 0 Å². The number of hydrogen-bond donors (Lipinski definition) is 1. The highest BCUT2D eigenvalue weighted by molar-refractivity contribution is 5.88. The maximum atomic E-state index is 12.5. The molecule has 0 bridgehead atoms. The van der Waals surface area contributed by atoms with Crippen molar-refractivity contribution in [3.8, 4) is 11.3 Å². The number of carbonyl (C=O) groups is 2. The monoisotopic (exact) mass is 380 g/mol. The van der Waals surface area contributed by atoms with E-state index < -0.39 is 5.97 Å². The lowest BCUT2D eigenvalue weighted by molar-refractivity contribution is -0.127. The second-order valence-corrected chi connectivity index (χ2v) is 6.95. The molecule has 0 unspecified atom stereocenters. The van der Waals surface area contributed by atoms with Gasteiger partial charge >= 0.3 is 5.97 Å². The number of aromatic nitrogens is 3. The van der Waals surface area contributed by atoms with Crippen LogP contribution in [0.3, 0.4) is 0 Å². The first-order valence-electron chi connectivity index (χ1n) is 9.02. The molecule has 144 valence electrons. The number of esters is 1. The predicted octanol–water partition coefficient (Wildman–Crippen LogP) is 1.40. The molecule has 0 aliphatic heterocycles. The van der Waals surface area contributed by atoms with Gasteiger partial charge in [-0.3, -0.25) is 14.0 Å². The molecule has 1 aromatic carbocycles. The second-order valence-electron chi connectivity index (χ2n) is 6.95. The number of ether oxygens (including phenoxy) is 1. The smallest absolute Gasteiger partial charge is 0.358 e. The number of amides is 1. The van der Waals surface area contributed by atoms with Gasteiger partial charge in [0.25, 0.3) is 5.56 Å². The van der Waals surface area contributed by atoms with Crippen LogP contribution in [0.15, 0.2) is 29.2 Å². The topological polar surface area (TPSA) is 96.8 Å². The van der Waals surface area contributed by atoms with E-state index in [1.54, 1.807) is 36.5 Å². The summed E-state index contributed by atoms with van der Waals surface area (Å²) in [4.78, 5) is 45.1. The van der Waals surface area contributed by atoms with Crippen molar-refractivity contribution in [2.24, 2.45) is 0 Å². The van der Waals surface area contributed by atoms with Gasteiger partial charge in [-0.2, -0.15) is 0 Å². The summed E-state index contributed by atoms with van der Waals surface area (Å²) < 4.78 is 6.65. The van der Waals surface area contributed by atoms with E-state index in [1.807, 2.05) is 18.2 Å². The van der Waals surface area contributed by atoms with Crippen molar-refractivity contribution in [2.75, 3.05) is 20.7 Å². The molecule has 0 radical (unpaired) electrons. The van der Waals surface area contributed by atoms with Crippen LogP contribution in [-0.4, -0.2) is 51.8 Å². The van der Waals surface area contributed by atoms with Crippen LogP contribution in [0.1, 0.15) is 34.2 Å². The van der Waals surface area contributed by atoms with Gasteiger partial charge < -0.3 is 14.6 Å². The number of aromatic amines is 1. The predicted molar refractivity (Wildman–Crippen MR) is 102 cm³/mol. The van der Waals surface area contributed by atoms with Crippen LogP contribution >= 0.6 is 0 Å². The Morgan fingerprint density at radius 1 is 1.32 bits per heavy atom. The zero-order valence-corrected chi connectivity index (χ0v) is 15.9. The molecule has 1 N–H and O–H groups in total.